The van der Waals surface area contributed by atoms with Crippen molar-refractivity contribution in [2.24, 2.45) is 5.92 Å². The Balaban J connectivity index is 1.96. The molecule has 5 nitrogen and oxygen atoms in total. The van der Waals surface area contributed by atoms with Crippen LogP contribution in [-0.2, 0) is 0 Å². The van der Waals surface area contributed by atoms with Crippen molar-refractivity contribution in [3.8, 4) is 0 Å². The fourth-order valence-electron chi connectivity index (χ4n) is 3.36. The highest BCUT2D eigenvalue weighted by Gasteiger charge is 2.43. The van der Waals surface area contributed by atoms with Crippen molar-refractivity contribution in [1.82, 2.24) is 9.80 Å². The maximum Gasteiger partial charge on any atom is 0.263 e. The third-order valence-corrected chi connectivity index (χ3v) is 4.37. The second-order valence-electron chi connectivity index (χ2n) is 5.85. The Labute approximate surface area is 118 Å². The molecular weight excluding hydrogens is 254 g/mol. The number of likely N-dealkylation sites (tertiary alicyclic amines) is 1. The molecular formula is C15H19N3O2. The molecule has 0 radical (unpaired) electrons. The number of nitrogen functional groups attached to an aromatic ring is 1. The van der Waals surface area contributed by atoms with Gasteiger partial charge in [-0.15, -0.1) is 0 Å². The van der Waals surface area contributed by atoms with Crippen LogP contribution in [0.2, 0.25) is 0 Å². The number of imide groups is 1. The molecule has 1 saturated heterocycles. The number of rotatable bonds is 1. The van der Waals surface area contributed by atoms with Crippen molar-refractivity contribution in [3.05, 3.63) is 29.3 Å². The van der Waals surface area contributed by atoms with E-state index in [0.29, 0.717) is 16.8 Å². The van der Waals surface area contributed by atoms with Crippen LogP contribution in [0, 0.1) is 5.92 Å². The molecule has 3 rings (SSSR count). The fourth-order valence-corrected chi connectivity index (χ4v) is 3.36. The molecule has 2 N–H and O–H groups in total. The number of hydrogen-bond donors (Lipinski definition) is 1. The highest BCUT2D eigenvalue weighted by atomic mass is 16.2. The summed E-state index contributed by atoms with van der Waals surface area (Å²) in [6.45, 7) is 3.89. The van der Waals surface area contributed by atoms with Crippen LogP contribution in [0.15, 0.2) is 18.2 Å². The molecule has 2 amide bonds. The Morgan fingerprint density at radius 3 is 2.65 bits per heavy atom. The van der Waals surface area contributed by atoms with Crippen LogP contribution in [0.3, 0.4) is 0 Å². The molecule has 0 saturated carbocycles. The van der Waals surface area contributed by atoms with E-state index in [0.717, 1.165) is 19.5 Å². The lowest BCUT2D eigenvalue weighted by molar-refractivity contribution is 0.0422. The number of benzene rings is 1. The number of carbonyl (C=O) groups excluding carboxylic acids is 2. The minimum absolute atomic E-state index is 0.0296. The monoisotopic (exact) mass is 273 g/mol. The van der Waals surface area contributed by atoms with E-state index in [2.05, 4.69) is 18.9 Å². The number of anilines is 1. The smallest absolute Gasteiger partial charge is 0.263 e. The molecule has 0 bridgehead atoms. The number of hydrogen-bond acceptors (Lipinski definition) is 4. The Morgan fingerprint density at radius 2 is 2.00 bits per heavy atom. The summed E-state index contributed by atoms with van der Waals surface area (Å²) < 4.78 is 0. The van der Waals surface area contributed by atoms with Crippen LogP contribution < -0.4 is 5.73 Å². The number of amides is 2. The lowest BCUT2D eigenvalue weighted by Gasteiger charge is -2.38. The summed E-state index contributed by atoms with van der Waals surface area (Å²) in [4.78, 5) is 28.7. The molecule has 0 aliphatic carbocycles. The van der Waals surface area contributed by atoms with Crippen molar-refractivity contribution in [2.45, 2.75) is 19.4 Å². The minimum Gasteiger partial charge on any atom is -0.398 e. The summed E-state index contributed by atoms with van der Waals surface area (Å²) >= 11 is 0. The van der Waals surface area contributed by atoms with Crippen LogP contribution in [0.1, 0.15) is 34.1 Å². The largest absolute Gasteiger partial charge is 0.398 e. The molecule has 2 aliphatic rings. The Hall–Kier alpha value is -1.88. The van der Waals surface area contributed by atoms with E-state index in [1.54, 1.807) is 18.2 Å². The first-order valence-corrected chi connectivity index (χ1v) is 6.95. The lowest BCUT2D eigenvalue weighted by atomic mass is 9.93. The normalized spacial score (nSPS) is 27.0. The van der Waals surface area contributed by atoms with E-state index in [1.165, 1.54) is 4.90 Å². The SMILES string of the molecule is CC1CN(C)CCC1N1C(=O)c2cccc(N)c2C1=O. The number of carbonyl (C=O) groups is 2. The summed E-state index contributed by atoms with van der Waals surface area (Å²) in [6.07, 6.45) is 0.822. The van der Waals surface area contributed by atoms with Gasteiger partial charge in [0.15, 0.2) is 0 Å². The van der Waals surface area contributed by atoms with Crippen LogP contribution in [-0.4, -0.2) is 47.8 Å². The zero-order valence-corrected chi connectivity index (χ0v) is 11.8. The van der Waals surface area contributed by atoms with Gasteiger partial charge in [0.1, 0.15) is 0 Å². The number of piperidine rings is 1. The van der Waals surface area contributed by atoms with Crippen molar-refractivity contribution in [1.29, 1.82) is 0 Å². The molecule has 1 aromatic rings. The zero-order chi connectivity index (χ0) is 14.4. The summed E-state index contributed by atoms with van der Waals surface area (Å²) in [6, 6.07) is 5.05. The lowest BCUT2D eigenvalue weighted by Crippen LogP contribution is -2.51. The van der Waals surface area contributed by atoms with E-state index in [4.69, 9.17) is 5.73 Å². The summed E-state index contributed by atoms with van der Waals surface area (Å²) in [5.41, 5.74) is 7.08. The number of fused-ring (bicyclic) bond motifs is 1. The molecule has 20 heavy (non-hydrogen) atoms. The quantitative estimate of drug-likeness (QED) is 0.617. The molecule has 2 atom stereocenters. The maximum absolute atomic E-state index is 12.6. The van der Waals surface area contributed by atoms with Crippen LogP contribution >= 0.6 is 0 Å². The summed E-state index contributed by atoms with van der Waals surface area (Å²) in [5.74, 6) is -0.152. The van der Waals surface area contributed by atoms with E-state index in [1.807, 2.05) is 0 Å². The van der Waals surface area contributed by atoms with Crippen LogP contribution in [0.4, 0.5) is 5.69 Å². The van der Waals surface area contributed by atoms with Gasteiger partial charge in [-0.1, -0.05) is 13.0 Å². The minimum atomic E-state index is -0.232. The van der Waals surface area contributed by atoms with Gasteiger partial charge in [-0.05, 0) is 38.1 Å². The van der Waals surface area contributed by atoms with Gasteiger partial charge in [0.05, 0.1) is 11.1 Å². The van der Waals surface area contributed by atoms with Gasteiger partial charge >= 0.3 is 0 Å². The Bertz CT molecular complexity index is 584. The second kappa shape index (κ2) is 4.59. The Morgan fingerprint density at radius 1 is 1.25 bits per heavy atom. The molecule has 1 fully saturated rings. The van der Waals surface area contributed by atoms with Gasteiger partial charge in [0.25, 0.3) is 11.8 Å². The van der Waals surface area contributed by atoms with Crippen molar-refractivity contribution in [2.75, 3.05) is 25.9 Å². The van der Waals surface area contributed by atoms with E-state index >= 15 is 0 Å². The number of nitrogens with two attached hydrogens (primary N) is 1. The second-order valence-corrected chi connectivity index (χ2v) is 5.85. The third kappa shape index (κ3) is 1.81. The highest BCUT2D eigenvalue weighted by Crippen LogP contribution is 2.33. The van der Waals surface area contributed by atoms with Crippen molar-refractivity contribution in [3.63, 3.8) is 0 Å². The Kier molecular flexibility index (Phi) is 3.01. The number of nitrogens with zero attached hydrogens (tertiary/aromatic N) is 2. The van der Waals surface area contributed by atoms with Gasteiger partial charge in [0.2, 0.25) is 0 Å². The maximum atomic E-state index is 12.6. The van der Waals surface area contributed by atoms with E-state index in [9.17, 15) is 9.59 Å². The van der Waals surface area contributed by atoms with Crippen LogP contribution in [0.5, 0.6) is 0 Å². The molecule has 2 aliphatic heterocycles. The molecule has 0 spiro atoms. The first-order chi connectivity index (χ1) is 9.50. The average molecular weight is 273 g/mol. The fraction of sp³-hybridized carbons (Fsp3) is 0.467. The van der Waals surface area contributed by atoms with Gasteiger partial charge in [-0.25, -0.2) is 0 Å². The molecule has 106 valence electrons. The molecule has 2 heterocycles. The van der Waals surface area contributed by atoms with E-state index in [-0.39, 0.29) is 23.8 Å². The average Bonchev–Trinajstić information content (AvgIpc) is 2.64. The summed E-state index contributed by atoms with van der Waals surface area (Å²) in [7, 11) is 2.06. The third-order valence-electron chi connectivity index (χ3n) is 4.37. The summed E-state index contributed by atoms with van der Waals surface area (Å²) in [5, 5.41) is 0. The van der Waals surface area contributed by atoms with Crippen molar-refractivity contribution < 1.29 is 9.59 Å². The van der Waals surface area contributed by atoms with Crippen LogP contribution in [0.25, 0.3) is 0 Å². The predicted molar refractivity (Wildman–Crippen MR) is 76.4 cm³/mol. The molecule has 5 heteroatoms. The molecule has 1 aromatic carbocycles. The first kappa shape index (κ1) is 13.1. The van der Waals surface area contributed by atoms with Gasteiger partial charge < -0.3 is 10.6 Å². The van der Waals surface area contributed by atoms with Gasteiger partial charge in [0, 0.05) is 18.3 Å². The first-order valence-electron chi connectivity index (χ1n) is 6.95. The topological polar surface area (TPSA) is 66.6 Å². The van der Waals surface area contributed by atoms with Gasteiger partial charge in [-0.2, -0.15) is 0 Å². The highest BCUT2D eigenvalue weighted by molar-refractivity contribution is 6.23. The standard InChI is InChI=1S/C15H19N3O2/c1-9-8-17(2)7-6-12(9)18-14(19)10-4-3-5-11(16)13(10)15(18)20/h3-5,9,12H,6-8,16H2,1-2H3. The van der Waals surface area contributed by atoms with Gasteiger partial charge in [-0.3, -0.25) is 14.5 Å². The zero-order valence-electron chi connectivity index (χ0n) is 11.8. The molecule has 0 aromatic heterocycles. The van der Waals surface area contributed by atoms with E-state index < -0.39 is 0 Å². The molecule has 2 unspecified atom stereocenters. The van der Waals surface area contributed by atoms with Crippen molar-refractivity contribution >= 4 is 17.5 Å². The predicted octanol–water partition coefficient (Wildman–Crippen LogP) is 1.20.